The average molecular weight is 210 g/mol. The van der Waals surface area contributed by atoms with Gasteiger partial charge < -0.3 is 5.73 Å². The number of anilines is 1. The van der Waals surface area contributed by atoms with Gasteiger partial charge in [0.15, 0.2) is 0 Å². The van der Waals surface area contributed by atoms with Crippen LogP contribution in [0, 0.1) is 0 Å². The smallest absolute Gasteiger partial charge is 0.0346 e. The van der Waals surface area contributed by atoms with Gasteiger partial charge in [0.25, 0.3) is 0 Å². The molecule has 0 unspecified atom stereocenters. The first-order chi connectivity index (χ1) is 6.77. The van der Waals surface area contributed by atoms with Gasteiger partial charge in [0, 0.05) is 11.6 Å². The third kappa shape index (κ3) is 3.08. The van der Waals surface area contributed by atoms with E-state index in [2.05, 4.69) is 25.1 Å². The molecule has 0 saturated heterocycles. The summed E-state index contributed by atoms with van der Waals surface area (Å²) in [7, 11) is 0. The Morgan fingerprint density at radius 1 is 1.43 bits per heavy atom. The Balaban J connectivity index is 2.79. The standard InChI is InChI=1S/C12H16ClN/c1-2-11-9-10(5-3-4-8-13)6-7-12(11)14/h3,5-7,9H,2,4,8,14H2,1H3. The van der Waals surface area contributed by atoms with Gasteiger partial charge in [-0.1, -0.05) is 25.1 Å². The number of halogens is 1. The number of nitrogens with two attached hydrogens (primary N) is 1. The van der Waals surface area contributed by atoms with Crippen LogP contribution in [0.3, 0.4) is 0 Å². The van der Waals surface area contributed by atoms with Crippen LogP contribution in [0.25, 0.3) is 6.08 Å². The molecule has 1 aromatic rings. The van der Waals surface area contributed by atoms with Gasteiger partial charge in [-0.3, -0.25) is 0 Å². The highest BCUT2D eigenvalue weighted by atomic mass is 35.5. The fourth-order valence-electron chi connectivity index (χ4n) is 1.32. The van der Waals surface area contributed by atoms with E-state index in [0.717, 1.165) is 18.5 Å². The average Bonchev–Trinajstić information content (AvgIpc) is 2.21. The number of hydrogen-bond acceptors (Lipinski definition) is 1. The van der Waals surface area contributed by atoms with E-state index in [1.807, 2.05) is 12.1 Å². The molecule has 0 radical (unpaired) electrons. The summed E-state index contributed by atoms with van der Waals surface area (Å²) in [5.74, 6) is 0.673. The summed E-state index contributed by atoms with van der Waals surface area (Å²) in [6.07, 6.45) is 6.05. The lowest BCUT2D eigenvalue weighted by molar-refractivity contribution is 1.14. The molecule has 1 rings (SSSR count). The summed E-state index contributed by atoms with van der Waals surface area (Å²) in [6, 6.07) is 6.11. The fraction of sp³-hybridized carbons (Fsp3) is 0.333. The van der Waals surface area contributed by atoms with Crippen LogP contribution in [0.2, 0.25) is 0 Å². The quantitative estimate of drug-likeness (QED) is 0.597. The van der Waals surface area contributed by atoms with E-state index in [1.165, 1.54) is 11.1 Å². The lowest BCUT2D eigenvalue weighted by atomic mass is 10.1. The normalized spacial score (nSPS) is 11.0. The van der Waals surface area contributed by atoms with Crippen LogP contribution in [0.15, 0.2) is 24.3 Å². The molecule has 0 aliphatic rings. The molecule has 1 aromatic carbocycles. The molecule has 76 valence electrons. The number of hydrogen-bond donors (Lipinski definition) is 1. The molecule has 0 amide bonds. The van der Waals surface area contributed by atoms with Crippen LogP contribution in [0.4, 0.5) is 5.69 Å². The second-order valence-corrected chi connectivity index (χ2v) is 3.57. The Morgan fingerprint density at radius 3 is 2.86 bits per heavy atom. The molecule has 14 heavy (non-hydrogen) atoms. The highest BCUT2D eigenvalue weighted by Crippen LogP contribution is 2.15. The van der Waals surface area contributed by atoms with Crippen LogP contribution in [0.1, 0.15) is 24.5 Å². The largest absolute Gasteiger partial charge is 0.399 e. The van der Waals surface area contributed by atoms with Crippen molar-refractivity contribution >= 4 is 23.4 Å². The van der Waals surface area contributed by atoms with Crippen LogP contribution in [-0.2, 0) is 6.42 Å². The van der Waals surface area contributed by atoms with Crippen molar-refractivity contribution in [3.63, 3.8) is 0 Å². The predicted molar refractivity (Wildman–Crippen MR) is 64.6 cm³/mol. The van der Waals surface area contributed by atoms with Crippen LogP contribution >= 0.6 is 11.6 Å². The molecule has 2 N–H and O–H groups in total. The van der Waals surface area contributed by atoms with Gasteiger partial charge >= 0.3 is 0 Å². The van der Waals surface area contributed by atoms with Gasteiger partial charge in [-0.25, -0.2) is 0 Å². The molecule has 0 saturated carbocycles. The Bertz CT molecular complexity index is 318. The number of aryl methyl sites for hydroxylation is 1. The Labute approximate surface area is 90.6 Å². The third-order valence-corrected chi connectivity index (χ3v) is 2.35. The van der Waals surface area contributed by atoms with E-state index in [4.69, 9.17) is 17.3 Å². The zero-order valence-corrected chi connectivity index (χ0v) is 9.22. The summed E-state index contributed by atoms with van der Waals surface area (Å²) in [6.45, 7) is 2.11. The Hall–Kier alpha value is -0.950. The fourth-order valence-corrected chi connectivity index (χ4v) is 1.44. The van der Waals surface area contributed by atoms with Crippen LogP contribution in [0.5, 0.6) is 0 Å². The lowest BCUT2D eigenvalue weighted by Crippen LogP contribution is -1.92. The van der Waals surface area contributed by atoms with Crippen molar-refractivity contribution < 1.29 is 0 Å². The highest BCUT2D eigenvalue weighted by molar-refractivity contribution is 6.17. The van der Waals surface area contributed by atoms with E-state index in [-0.39, 0.29) is 0 Å². The minimum absolute atomic E-state index is 0.673. The second-order valence-electron chi connectivity index (χ2n) is 3.19. The Morgan fingerprint density at radius 2 is 2.21 bits per heavy atom. The molecular formula is C12H16ClN. The summed E-state index contributed by atoms with van der Waals surface area (Å²) in [4.78, 5) is 0. The van der Waals surface area contributed by atoms with Gasteiger partial charge in [0.2, 0.25) is 0 Å². The first-order valence-corrected chi connectivity index (χ1v) is 5.42. The van der Waals surface area contributed by atoms with Gasteiger partial charge in [0.1, 0.15) is 0 Å². The maximum absolute atomic E-state index is 5.81. The number of allylic oxidation sites excluding steroid dienone is 1. The maximum atomic E-state index is 5.81. The van der Waals surface area contributed by atoms with E-state index in [9.17, 15) is 0 Å². The summed E-state index contributed by atoms with van der Waals surface area (Å²) >= 11 is 5.58. The predicted octanol–water partition coefficient (Wildman–Crippen LogP) is 3.47. The van der Waals surface area contributed by atoms with Gasteiger partial charge in [-0.2, -0.15) is 0 Å². The van der Waals surface area contributed by atoms with Gasteiger partial charge in [0.05, 0.1) is 0 Å². The molecule has 0 fully saturated rings. The van der Waals surface area contributed by atoms with Crippen molar-refractivity contribution in [1.29, 1.82) is 0 Å². The first-order valence-electron chi connectivity index (χ1n) is 4.88. The topological polar surface area (TPSA) is 26.0 Å². The van der Waals surface area contributed by atoms with E-state index in [1.54, 1.807) is 0 Å². The number of rotatable bonds is 4. The van der Waals surface area contributed by atoms with Gasteiger partial charge in [-0.05, 0) is 36.1 Å². The maximum Gasteiger partial charge on any atom is 0.0346 e. The SMILES string of the molecule is CCc1cc(C=CCCCl)ccc1N. The van der Waals surface area contributed by atoms with E-state index in [0.29, 0.717) is 5.88 Å². The molecule has 2 heteroatoms. The molecular weight excluding hydrogens is 194 g/mol. The monoisotopic (exact) mass is 209 g/mol. The van der Waals surface area contributed by atoms with Crippen molar-refractivity contribution in [1.82, 2.24) is 0 Å². The van der Waals surface area contributed by atoms with Crippen LogP contribution in [-0.4, -0.2) is 5.88 Å². The number of benzene rings is 1. The molecule has 0 aromatic heterocycles. The van der Waals surface area contributed by atoms with Crippen LogP contribution < -0.4 is 5.73 Å². The molecule has 0 aliphatic carbocycles. The van der Waals surface area contributed by atoms with Crippen molar-refractivity contribution in [2.45, 2.75) is 19.8 Å². The minimum Gasteiger partial charge on any atom is -0.399 e. The van der Waals surface area contributed by atoms with Crippen molar-refractivity contribution in [2.75, 3.05) is 11.6 Å². The highest BCUT2D eigenvalue weighted by Gasteiger charge is 1.96. The molecule has 0 spiro atoms. The molecule has 0 atom stereocenters. The molecule has 0 aliphatic heterocycles. The van der Waals surface area contributed by atoms with E-state index >= 15 is 0 Å². The summed E-state index contributed by atoms with van der Waals surface area (Å²) < 4.78 is 0. The summed E-state index contributed by atoms with van der Waals surface area (Å²) in [5, 5.41) is 0. The van der Waals surface area contributed by atoms with Crippen molar-refractivity contribution in [3.05, 3.63) is 35.4 Å². The second kappa shape index (κ2) is 5.71. The summed E-state index contributed by atoms with van der Waals surface area (Å²) in [5.41, 5.74) is 9.09. The van der Waals surface area contributed by atoms with Gasteiger partial charge in [-0.15, -0.1) is 11.6 Å². The lowest BCUT2D eigenvalue weighted by Gasteiger charge is -2.03. The molecule has 0 bridgehead atoms. The van der Waals surface area contributed by atoms with Crippen molar-refractivity contribution in [2.24, 2.45) is 0 Å². The molecule has 0 heterocycles. The zero-order chi connectivity index (χ0) is 10.4. The third-order valence-electron chi connectivity index (χ3n) is 2.13. The van der Waals surface area contributed by atoms with E-state index < -0.39 is 0 Å². The first kappa shape index (κ1) is 11.1. The number of nitrogen functional groups attached to an aromatic ring is 1. The van der Waals surface area contributed by atoms with Crippen molar-refractivity contribution in [3.8, 4) is 0 Å². The molecule has 1 nitrogen and oxygen atoms in total. The Kier molecular flexibility index (Phi) is 4.54. The minimum atomic E-state index is 0.673. The zero-order valence-electron chi connectivity index (χ0n) is 8.46. The number of alkyl halides is 1.